The number of hydrogen-bond donors (Lipinski definition) is 2. The van der Waals surface area contributed by atoms with E-state index >= 15 is 0 Å². The molecule has 2 radical (unpaired) electrons. The molecule has 1 amide bonds. The minimum Gasteiger partial charge on any atom is -0.461 e. The number of amides is 1. The Kier molecular flexibility index (Phi) is 5.94. The lowest BCUT2D eigenvalue weighted by Gasteiger charge is -2.14. The van der Waals surface area contributed by atoms with Crippen LogP contribution in [0.15, 0.2) is 30.3 Å². The van der Waals surface area contributed by atoms with Crippen molar-refractivity contribution in [3.05, 3.63) is 35.9 Å². The summed E-state index contributed by atoms with van der Waals surface area (Å²) in [7, 11) is 4.90. The molecular weight excluding hydrogens is 233 g/mol. The van der Waals surface area contributed by atoms with Crippen molar-refractivity contribution in [1.82, 2.24) is 5.32 Å². The lowest BCUT2D eigenvalue weighted by Crippen LogP contribution is -2.38. The maximum Gasteiger partial charge on any atom is 0.308 e. The first-order valence-electron chi connectivity index (χ1n) is 5.48. The van der Waals surface area contributed by atoms with Crippen LogP contribution in [0.4, 0.5) is 4.79 Å². The largest absolute Gasteiger partial charge is 0.461 e. The van der Waals surface area contributed by atoms with Crippen LogP contribution in [-0.4, -0.2) is 37.4 Å². The van der Waals surface area contributed by atoms with Crippen molar-refractivity contribution in [2.45, 2.75) is 19.1 Å². The van der Waals surface area contributed by atoms with Crippen LogP contribution in [0.5, 0.6) is 0 Å². The first-order valence-corrected chi connectivity index (χ1v) is 5.48. The fourth-order valence-corrected chi connectivity index (χ4v) is 1.36. The van der Waals surface area contributed by atoms with Crippen molar-refractivity contribution in [3.63, 3.8) is 0 Å². The highest BCUT2D eigenvalue weighted by molar-refractivity contribution is 6.57. The fourth-order valence-electron chi connectivity index (χ4n) is 1.36. The van der Waals surface area contributed by atoms with Crippen LogP contribution in [0.1, 0.15) is 12.0 Å². The molecule has 1 aromatic carbocycles. The first-order chi connectivity index (χ1) is 8.61. The van der Waals surface area contributed by atoms with Crippen LogP contribution < -0.4 is 5.32 Å². The number of aliphatic hydroxyl groups is 1. The Morgan fingerprint density at radius 3 is 2.56 bits per heavy atom. The molecule has 0 aliphatic rings. The van der Waals surface area contributed by atoms with Crippen LogP contribution >= 0.6 is 0 Å². The minimum atomic E-state index is -0.787. The van der Waals surface area contributed by atoms with Crippen molar-refractivity contribution < 1.29 is 19.4 Å². The Balaban J connectivity index is 2.34. The molecule has 0 saturated carbocycles. The summed E-state index contributed by atoms with van der Waals surface area (Å²) < 4.78 is 5.00. The molecule has 18 heavy (non-hydrogen) atoms. The molecule has 0 aromatic heterocycles. The van der Waals surface area contributed by atoms with Gasteiger partial charge in [-0.25, -0.2) is 0 Å². The monoisotopic (exact) mass is 247 g/mol. The van der Waals surface area contributed by atoms with E-state index in [0.717, 1.165) is 5.56 Å². The van der Waals surface area contributed by atoms with E-state index in [4.69, 9.17) is 17.7 Å². The Labute approximate surface area is 107 Å². The van der Waals surface area contributed by atoms with E-state index in [1.165, 1.54) is 0 Å². The van der Waals surface area contributed by atoms with Gasteiger partial charge < -0.3 is 15.2 Å². The maximum atomic E-state index is 11.4. The van der Waals surface area contributed by atoms with Gasteiger partial charge in [0.05, 0.1) is 19.1 Å². The third kappa shape index (κ3) is 5.49. The molecule has 94 valence electrons. The summed E-state index contributed by atoms with van der Waals surface area (Å²) in [5.41, 5.74) is 0.870. The minimum absolute atomic E-state index is 0.119. The van der Waals surface area contributed by atoms with Crippen molar-refractivity contribution in [2.24, 2.45) is 0 Å². The predicted molar refractivity (Wildman–Crippen MR) is 66.0 cm³/mol. The Hall–Kier alpha value is -1.82. The van der Waals surface area contributed by atoms with E-state index in [0.29, 0.717) is 0 Å². The number of esters is 1. The molecule has 6 heteroatoms. The molecule has 0 saturated heterocycles. The average molecular weight is 247 g/mol. The summed E-state index contributed by atoms with van der Waals surface area (Å²) in [5, 5.41) is 11.2. The van der Waals surface area contributed by atoms with Gasteiger partial charge in [0.15, 0.2) is 5.81 Å². The van der Waals surface area contributed by atoms with Crippen LogP contribution in [-0.2, 0) is 16.1 Å². The zero-order chi connectivity index (χ0) is 13.4. The van der Waals surface area contributed by atoms with Gasteiger partial charge in [-0.05, 0) is 5.56 Å². The second kappa shape index (κ2) is 7.50. The normalized spacial score (nSPS) is 11.6. The summed E-state index contributed by atoms with van der Waals surface area (Å²) in [6.45, 7) is -0.211. The highest BCUT2D eigenvalue weighted by Crippen LogP contribution is 2.03. The number of ether oxygens (including phenoxy) is 1. The zero-order valence-electron chi connectivity index (χ0n) is 9.83. The van der Waals surface area contributed by atoms with Gasteiger partial charge in [-0.3, -0.25) is 9.59 Å². The number of carbonyl (C=O) groups is 2. The van der Waals surface area contributed by atoms with E-state index in [2.05, 4.69) is 5.32 Å². The van der Waals surface area contributed by atoms with Crippen molar-refractivity contribution in [1.29, 1.82) is 0 Å². The fraction of sp³-hybridized carbons (Fsp3) is 0.333. The lowest BCUT2D eigenvalue weighted by molar-refractivity contribution is -0.145. The highest BCUT2D eigenvalue weighted by Gasteiger charge is 2.14. The zero-order valence-corrected chi connectivity index (χ0v) is 9.83. The van der Waals surface area contributed by atoms with Crippen molar-refractivity contribution in [3.8, 4) is 0 Å². The SMILES string of the molecule is [B]C(=O)N[C@H](CO)CC(=O)OCc1ccccc1. The Morgan fingerprint density at radius 1 is 1.33 bits per heavy atom. The van der Waals surface area contributed by atoms with Gasteiger partial charge >= 0.3 is 5.97 Å². The van der Waals surface area contributed by atoms with Gasteiger partial charge in [0.2, 0.25) is 7.85 Å². The molecular formula is C12H14BNO4. The van der Waals surface area contributed by atoms with E-state index in [1.807, 2.05) is 30.3 Å². The number of benzene rings is 1. The van der Waals surface area contributed by atoms with Crippen LogP contribution in [0, 0.1) is 0 Å². The van der Waals surface area contributed by atoms with Gasteiger partial charge in [-0.2, -0.15) is 0 Å². The van der Waals surface area contributed by atoms with Gasteiger partial charge in [0, 0.05) is 0 Å². The first kappa shape index (κ1) is 14.2. The topological polar surface area (TPSA) is 75.6 Å². The molecule has 5 nitrogen and oxygen atoms in total. The molecule has 1 aromatic rings. The molecule has 2 N–H and O–H groups in total. The van der Waals surface area contributed by atoms with Crippen LogP contribution in [0.2, 0.25) is 0 Å². The molecule has 0 aliphatic carbocycles. The van der Waals surface area contributed by atoms with Crippen molar-refractivity contribution in [2.75, 3.05) is 6.61 Å². The smallest absolute Gasteiger partial charge is 0.308 e. The maximum absolute atomic E-state index is 11.4. The number of aliphatic hydroxyl groups excluding tert-OH is 1. The molecule has 0 spiro atoms. The quantitative estimate of drug-likeness (QED) is 0.562. The second-order valence-corrected chi connectivity index (χ2v) is 3.74. The number of hydrogen-bond acceptors (Lipinski definition) is 4. The van der Waals surface area contributed by atoms with Gasteiger partial charge in [-0.1, -0.05) is 30.3 Å². The predicted octanol–water partition coefficient (Wildman–Crippen LogP) is 0.359. The van der Waals surface area contributed by atoms with E-state index in [1.54, 1.807) is 0 Å². The molecule has 0 unspecified atom stereocenters. The summed E-state index contributed by atoms with van der Waals surface area (Å²) in [4.78, 5) is 22.0. The standard InChI is InChI=1S/C12H14BNO4/c13-12(17)14-10(7-15)6-11(16)18-8-9-4-2-1-3-5-9/h1-5,10,15H,6-8H2,(H,14,17)/t10-/m0/s1. The molecule has 1 rings (SSSR count). The van der Waals surface area contributed by atoms with E-state index < -0.39 is 17.8 Å². The van der Waals surface area contributed by atoms with Crippen molar-refractivity contribution >= 4 is 19.6 Å². The summed E-state index contributed by atoms with van der Waals surface area (Å²) >= 11 is 0. The number of carbonyl (C=O) groups excluding carboxylic acids is 2. The summed E-state index contributed by atoms with van der Waals surface area (Å²) in [6.07, 6.45) is -0.119. The Bertz CT molecular complexity index is 396. The number of nitrogens with one attached hydrogen (secondary N) is 1. The van der Waals surface area contributed by atoms with Crippen LogP contribution in [0.3, 0.4) is 0 Å². The molecule has 1 atom stereocenters. The van der Waals surface area contributed by atoms with Gasteiger partial charge in [0.1, 0.15) is 6.61 Å². The van der Waals surface area contributed by atoms with E-state index in [-0.39, 0.29) is 19.6 Å². The number of rotatable bonds is 6. The Morgan fingerprint density at radius 2 is 2.00 bits per heavy atom. The third-order valence-electron chi connectivity index (χ3n) is 2.22. The highest BCUT2D eigenvalue weighted by atomic mass is 16.5. The third-order valence-corrected chi connectivity index (χ3v) is 2.22. The lowest BCUT2D eigenvalue weighted by atomic mass is 10.1. The van der Waals surface area contributed by atoms with E-state index in [9.17, 15) is 9.59 Å². The molecule has 0 aliphatic heterocycles. The molecule has 0 bridgehead atoms. The summed E-state index contributed by atoms with van der Waals surface area (Å²) in [6, 6.07) is 8.49. The second-order valence-electron chi connectivity index (χ2n) is 3.74. The molecule has 0 fully saturated rings. The molecule has 0 heterocycles. The average Bonchev–Trinajstić information content (AvgIpc) is 2.36. The van der Waals surface area contributed by atoms with Gasteiger partial charge in [-0.15, -0.1) is 0 Å². The van der Waals surface area contributed by atoms with Crippen LogP contribution in [0.25, 0.3) is 0 Å². The van der Waals surface area contributed by atoms with Gasteiger partial charge in [0.25, 0.3) is 0 Å². The summed E-state index contributed by atoms with van der Waals surface area (Å²) in [5.74, 6) is -1.29.